The normalized spacial score (nSPS) is 15.8. The highest BCUT2D eigenvalue weighted by molar-refractivity contribution is 7.99. The van der Waals surface area contributed by atoms with E-state index < -0.39 is 24.8 Å². The Hall–Kier alpha value is -5.63. The molecular formula is C46H50N8O7S3. The lowest BCUT2D eigenvalue weighted by atomic mass is 9.99. The molecule has 3 heterocycles. The molecule has 5 aromatic carbocycles. The van der Waals surface area contributed by atoms with Gasteiger partial charge in [0.05, 0.1) is 33.4 Å². The van der Waals surface area contributed by atoms with Gasteiger partial charge in [-0.25, -0.2) is 26.8 Å². The van der Waals surface area contributed by atoms with Crippen molar-refractivity contribution < 1.29 is 26.5 Å². The zero-order valence-electron chi connectivity index (χ0n) is 35.4. The van der Waals surface area contributed by atoms with Crippen LogP contribution in [0.25, 0.3) is 22.0 Å². The Morgan fingerprint density at radius 1 is 0.797 bits per heavy atom. The van der Waals surface area contributed by atoms with E-state index in [9.17, 15) is 26.9 Å². The van der Waals surface area contributed by atoms with Crippen LogP contribution in [0.2, 0.25) is 0 Å². The van der Waals surface area contributed by atoms with E-state index in [2.05, 4.69) is 46.8 Å². The number of nitrogens with one attached hydrogen (secondary N) is 2. The van der Waals surface area contributed by atoms with Crippen molar-refractivity contribution in [1.29, 1.82) is 0 Å². The van der Waals surface area contributed by atoms with E-state index in [-0.39, 0.29) is 28.1 Å². The molecule has 64 heavy (non-hydrogen) atoms. The van der Waals surface area contributed by atoms with Crippen LogP contribution in [0.5, 0.6) is 0 Å². The number of benzene rings is 5. The number of morpholine rings is 1. The van der Waals surface area contributed by atoms with E-state index in [1.54, 1.807) is 30.0 Å². The summed E-state index contributed by atoms with van der Waals surface area (Å²) in [4.78, 5) is 28.7. The standard InChI is InChI=1S/C46H50N8O7S3/c1-63(57,58)39-14-11-34(12-15-39)41-10-6-5-7-35(41)31-52-21-23-53(24-22-52)37-13-17-42-44(29-37)47-33-48-46(42)50-64(59,60)40-16-18-43(45(30-40)54(55)56)49-36(19-20-51-25-27-61-28-26-51)32-62-38-8-3-2-4-9-38/h2-18,29-30,33,36,49H,19-28,31-32H2,1H3,(H,47,48,50). The fourth-order valence-corrected chi connectivity index (χ4v) is 10.7. The van der Waals surface area contributed by atoms with Crippen molar-refractivity contribution in [2.75, 3.05) is 86.0 Å². The van der Waals surface area contributed by atoms with Crippen molar-refractivity contribution in [3.8, 4) is 11.1 Å². The molecule has 1 unspecified atom stereocenters. The van der Waals surface area contributed by atoms with Gasteiger partial charge in [-0.3, -0.25) is 24.6 Å². The average Bonchev–Trinajstić information content (AvgIpc) is 3.30. The highest BCUT2D eigenvalue weighted by Gasteiger charge is 2.26. The van der Waals surface area contributed by atoms with Crippen molar-refractivity contribution in [2.24, 2.45) is 0 Å². The maximum atomic E-state index is 13.8. The van der Waals surface area contributed by atoms with Gasteiger partial charge in [-0.15, -0.1) is 11.8 Å². The minimum absolute atomic E-state index is 0.0666. The summed E-state index contributed by atoms with van der Waals surface area (Å²) in [5.74, 6) is 0.715. The minimum Gasteiger partial charge on any atom is -0.379 e. The van der Waals surface area contributed by atoms with Crippen LogP contribution >= 0.6 is 11.8 Å². The van der Waals surface area contributed by atoms with Crippen molar-refractivity contribution in [2.45, 2.75) is 33.7 Å². The molecule has 0 amide bonds. The molecule has 2 aliphatic heterocycles. The number of anilines is 3. The van der Waals surface area contributed by atoms with Crippen LogP contribution in [0.3, 0.4) is 0 Å². The van der Waals surface area contributed by atoms with Crippen LogP contribution in [0.1, 0.15) is 12.0 Å². The summed E-state index contributed by atoms with van der Waals surface area (Å²) in [5, 5.41) is 16.3. The average molecular weight is 923 g/mol. The maximum absolute atomic E-state index is 13.8. The number of sulfonamides is 1. The number of aromatic nitrogens is 2. The number of piperazine rings is 1. The molecule has 6 aromatic rings. The summed E-state index contributed by atoms with van der Waals surface area (Å²) in [5.41, 5.74) is 4.56. The molecule has 2 aliphatic rings. The Morgan fingerprint density at radius 3 is 2.25 bits per heavy atom. The van der Waals surface area contributed by atoms with E-state index in [0.29, 0.717) is 34.8 Å². The van der Waals surface area contributed by atoms with Crippen molar-refractivity contribution in [3.63, 3.8) is 0 Å². The number of hydrogen-bond acceptors (Lipinski definition) is 14. The molecule has 18 heteroatoms. The van der Waals surface area contributed by atoms with E-state index in [0.717, 1.165) is 92.1 Å². The van der Waals surface area contributed by atoms with Crippen LogP contribution < -0.4 is 14.9 Å². The highest BCUT2D eigenvalue weighted by atomic mass is 32.2. The van der Waals surface area contributed by atoms with E-state index >= 15 is 0 Å². The third-order valence-electron chi connectivity index (χ3n) is 11.5. The lowest BCUT2D eigenvalue weighted by Gasteiger charge is -2.36. The summed E-state index contributed by atoms with van der Waals surface area (Å²) in [6.45, 7) is 7.64. The molecule has 0 radical (unpaired) electrons. The number of nitrogens with zero attached hydrogens (tertiary/aromatic N) is 6. The van der Waals surface area contributed by atoms with E-state index in [1.165, 1.54) is 24.7 Å². The molecule has 2 fully saturated rings. The SMILES string of the molecule is CS(=O)(=O)c1ccc(-c2ccccc2CN2CCN(c3ccc4c(NS(=O)(=O)c5ccc(NC(CCN6CCOCC6)CSc6ccccc6)c([N+](=O)[O-])c5)ncnc4c3)CC2)cc1. The number of hydrogen-bond donors (Lipinski definition) is 2. The lowest BCUT2D eigenvalue weighted by Crippen LogP contribution is -2.46. The molecule has 334 valence electrons. The summed E-state index contributed by atoms with van der Waals surface area (Å²) < 4.78 is 59.8. The second kappa shape index (κ2) is 20.0. The number of sulfone groups is 1. The number of ether oxygens (including phenoxy) is 1. The Kier molecular flexibility index (Phi) is 14.1. The van der Waals surface area contributed by atoms with Gasteiger partial charge >= 0.3 is 0 Å². The van der Waals surface area contributed by atoms with Gasteiger partial charge in [0.2, 0.25) is 0 Å². The van der Waals surface area contributed by atoms with Gasteiger partial charge in [-0.2, -0.15) is 0 Å². The first-order valence-electron chi connectivity index (χ1n) is 21.1. The quantitative estimate of drug-likeness (QED) is 0.0541. The fourth-order valence-electron chi connectivity index (χ4n) is 7.98. The number of fused-ring (bicyclic) bond motifs is 1. The Morgan fingerprint density at radius 2 is 1.52 bits per heavy atom. The predicted molar refractivity (Wildman–Crippen MR) is 252 cm³/mol. The van der Waals surface area contributed by atoms with E-state index in [1.807, 2.05) is 66.7 Å². The van der Waals surface area contributed by atoms with Crippen molar-refractivity contribution in [1.82, 2.24) is 19.8 Å². The van der Waals surface area contributed by atoms with Gasteiger partial charge in [0.15, 0.2) is 15.7 Å². The second-order valence-corrected chi connectivity index (χ2v) is 20.7. The number of rotatable bonds is 17. The van der Waals surface area contributed by atoms with Gasteiger partial charge < -0.3 is 15.0 Å². The van der Waals surface area contributed by atoms with Gasteiger partial charge in [-0.05, 0) is 77.7 Å². The summed E-state index contributed by atoms with van der Waals surface area (Å²) >= 11 is 1.66. The summed E-state index contributed by atoms with van der Waals surface area (Å²) in [6.07, 6.45) is 3.23. The van der Waals surface area contributed by atoms with Crippen molar-refractivity contribution in [3.05, 3.63) is 137 Å². The molecule has 0 spiro atoms. The van der Waals surface area contributed by atoms with Crippen LogP contribution in [0, 0.1) is 10.1 Å². The van der Waals surface area contributed by atoms with Crippen LogP contribution in [-0.4, -0.2) is 119 Å². The topological polar surface area (TPSA) is 180 Å². The summed E-state index contributed by atoms with van der Waals surface area (Å²) in [6, 6.07) is 34.5. The first-order chi connectivity index (χ1) is 30.9. The lowest BCUT2D eigenvalue weighted by molar-refractivity contribution is -0.384. The third kappa shape index (κ3) is 11.2. The largest absolute Gasteiger partial charge is 0.379 e. The molecular weight excluding hydrogens is 873 g/mol. The molecule has 15 nitrogen and oxygen atoms in total. The zero-order valence-corrected chi connectivity index (χ0v) is 37.8. The van der Waals surface area contributed by atoms with Crippen LogP contribution in [0.15, 0.2) is 136 Å². The number of thioether (sulfide) groups is 1. The van der Waals surface area contributed by atoms with Gasteiger partial charge in [0, 0.05) is 92.4 Å². The smallest absolute Gasteiger partial charge is 0.293 e. The fraction of sp³-hybridized carbons (Fsp3) is 0.304. The Labute approximate surface area is 378 Å². The number of nitro groups is 1. The van der Waals surface area contributed by atoms with Gasteiger partial charge in [-0.1, -0.05) is 54.6 Å². The third-order valence-corrected chi connectivity index (χ3v) is 15.2. The molecule has 0 saturated carbocycles. The Balaban J connectivity index is 0.927. The first kappa shape index (κ1) is 45.0. The van der Waals surface area contributed by atoms with Gasteiger partial charge in [0.1, 0.15) is 12.0 Å². The summed E-state index contributed by atoms with van der Waals surface area (Å²) in [7, 11) is -7.59. The number of nitro benzene ring substituents is 1. The molecule has 2 saturated heterocycles. The van der Waals surface area contributed by atoms with Crippen LogP contribution in [0.4, 0.5) is 22.9 Å². The molecule has 8 rings (SSSR count). The molecule has 2 N–H and O–H groups in total. The van der Waals surface area contributed by atoms with E-state index in [4.69, 9.17) is 4.74 Å². The monoisotopic (exact) mass is 922 g/mol. The zero-order chi connectivity index (χ0) is 44.7. The molecule has 1 atom stereocenters. The highest BCUT2D eigenvalue weighted by Crippen LogP contribution is 2.33. The molecule has 1 aromatic heterocycles. The minimum atomic E-state index is -4.30. The molecule has 0 aliphatic carbocycles. The van der Waals surface area contributed by atoms with Crippen molar-refractivity contribution >= 4 is 65.4 Å². The van der Waals surface area contributed by atoms with Crippen LogP contribution in [-0.2, 0) is 31.1 Å². The maximum Gasteiger partial charge on any atom is 0.293 e. The molecule has 0 bridgehead atoms. The predicted octanol–water partition coefficient (Wildman–Crippen LogP) is 7.03. The van der Waals surface area contributed by atoms with Gasteiger partial charge in [0.25, 0.3) is 15.7 Å². The second-order valence-electron chi connectivity index (χ2n) is 15.9. The Bertz CT molecular complexity index is 2800. The first-order valence-corrected chi connectivity index (χ1v) is 25.4.